The maximum absolute atomic E-state index is 13.3. The molecule has 1 amide bonds. The van der Waals surface area contributed by atoms with E-state index in [-0.39, 0.29) is 24.2 Å². The van der Waals surface area contributed by atoms with Crippen molar-refractivity contribution < 1.29 is 23.0 Å². The van der Waals surface area contributed by atoms with E-state index in [2.05, 4.69) is 0 Å². The third kappa shape index (κ3) is 2.58. The fraction of sp³-hybridized carbons (Fsp3) is 0.278. The molecule has 0 N–H and O–H groups in total. The average Bonchev–Trinajstić information content (AvgIpc) is 3.24. The summed E-state index contributed by atoms with van der Waals surface area (Å²) in [5.41, 5.74) is 1.25. The molecule has 0 spiro atoms. The first-order valence-electron chi connectivity index (χ1n) is 7.75. The van der Waals surface area contributed by atoms with Gasteiger partial charge in [0.15, 0.2) is 23.1 Å². The van der Waals surface area contributed by atoms with E-state index < -0.39 is 11.6 Å². The number of nitrogens with zero attached hydrogens (tertiary/aromatic N) is 1. The third-order valence-corrected chi connectivity index (χ3v) is 4.51. The molecule has 2 aromatic carbocycles. The molecular formula is C18H15F2NO3. The van der Waals surface area contributed by atoms with Gasteiger partial charge >= 0.3 is 0 Å². The van der Waals surface area contributed by atoms with Crippen molar-refractivity contribution in [3.05, 3.63) is 59.2 Å². The number of likely N-dealkylation sites (tertiary alicyclic amines) is 1. The van der Waals surface area contributed by atoms with Crippen molar-refractivity contribution in [2.24, 2.45) is 0 Å². The summed E-state index contributed by atoms with van der Waals surface area (Å²) in [6, 6.07) is 9.04. The Morgan fingerprint density at radius 1 is 1.04 bits per heavy atom. The number of carbonyl (C=O) groups excluding carboxylic acids is 1. The highest BCUT2D eigenvalue weighted by Gasteiger charge is 2.29. The van der Waals surface area contributed by atoms with Crippen molar-refractivity contribution in [1.82, 2.24) is 4.90 Å². The summed E-state index contributed by atoms with van der Waals surface area (Å²) in [6.07, 6.45) is 0.815. The molecule has 0 bridgehead atoms. The Balaban J connectivity index is 1.49. The van der Waals surface area contributed by atoms with E-state index in [0.29, 0.717) is 13.1 Å². The first-order chi connectivity index (χ1) is 11.6. The molecule has 4 rings (SSSR count). The zero-order valence-electron chi connectivity index (χ0n) is 12.8. The van der Waals surface area contributed by atoms with Gasteiger partial charge in [-0.25, -0.2) is 8.78 Å². The van der Waals surface area contributed by atoms with Crippen LogP contribution in [0.5, 0.6) is 11.5 Å². The highest BCUT2D eigenvalue weighted by Crippen LogP contribution is 2.37. The van der Waals surface area contributed by atoms with Crippen molar-refractivity contribution >= 4 is 5.91 Å². The van der Waals surface area contributed by atoms with Gasteiger partial charge in [0, 0.05) is 24.6 Å². The molecule has 0 aliphatic carbocycles. The SMILES string of the molecule is O=C(c1ccc(F)c(F)c1)N1CC[C@@H](c2ccc3c(c2)OCO3)C1. The van der Waals surface area contributed by atoms with Crippen molar-refractivity contribution in [2.75, 3.05) is 19.9 Å². The van der Waals surface area contributed by atoms with E-state index in [1.54, 1.807) is 4.90 Å². The minimum Gasteiger partial charge on any atom is -0.454 e. The lowest BCUT2D eigenvalue weighted by Crippen LogP contribution is -2.28. The van der Waals surface area contributed by atoms with Gasteiger partial charge in [0.1, 0.15) is 0 Å². The van der Waals surface area contributed by atoms with Gasteiger partial charge in [0.25, 0.3) is 5.91 Å². The van der Waals surface area contributed by atoms with E-state index in [1.165, 1.54) is 6.07 Å². The minimum absolute atomic E-state index is 0.167. The molecule has 24 heavy (non-hydrogen) atoms. The molecule has 0 aromatic heterocycles. The smallest absolute Gasteiger partial charge is 0.253 e. The quantitative estimate of drug-likeness (QED) is 0.847. The second kappa shape index (κ2) is 5.78. The first kappa shape index (κ1) is 14.9. The Bertz CT molecular complexity index is 809. The molecule has 2 aliphatic rings. The molecule has 1 saturated heterocycles. The predicted octanol–water partition coefficient (Wildman–Crippen LogP) is 3.32. The molecule has 1 fully saturated rings. The molecule has 4 nitrogen and oxygen atoms in total. The summed E-state index contributed by atoms with van der Waals surface area (Å²) in [5, 5.41) is 0. The molecule has 0 radical (unpaired) electrons. The largest absolute Gasteiger partial charge is 0.454 e. The van der Waals surface area contributed by atoms with Crippen LogP contribution in [0.15, 0.2) is 36.4 Å². The monoisotopic (exact) mass is 331 g/mol. The zero-order chi connectivity index (χ0) is 16.7. The minimum atomic E-state index is -1.01. The van der Waals surface area contributed by atoms with E-state index in [0.717, 1.165) is 35.6 Å². The molecule has 2 aliphatic heterocycles. The lowest BCUT2D eigenvalue weighted by molar-refractivity contribution is 0.0790. The van der Waals surface area contributed by atoms with E-state index in [1.807, 2.05) is 18.2 Å². The van der Waals surface area contributed by atoms with Crippen LogP contribution in [-0.2, 0) is 0 Å². The summed E-state index contributed by atoms with van der Waals surface area (Å²) < 4.78 is 37.0. The Kier molecular flexibility index (Phi) is 3.59. The molecule has 2 heterocycles. The number of fused-ring (bicyclic) bond motifs is 1. The van der Waals surface area contributed by atoms with Gasteiger partial charge in [-0.15, -0.1) is 0 Å². The Labute approximate surface area is 137 Å². The van der Waals surface area contributed by atoms with Gasteiger partial charge < -0.3 is 14.4 Å². The number of hydrogen-bond donors (Lipinski definition) is 0. The van der Waals surface area contributed by atoms with Gasteiger partial charge in [-0.2, -0.15) is 0 Å². The van der Waals surface area contributed by atoms with Crippen LogP contribution in [0.1, 0.15) is 28.3 Å². The standard InChI is InChI=1S/C18H15F2NO3/c19-14-3-1-12(7-15(14)20)18(22)21-6-5-13(9-21)11-2-4-16-17(8-11)24-10-23-16/h1-4,7-8,13H,5-6,9-10H2/t13-/m1/s1. The maximum atomic E-state index is 13.3. The lowest BCUT2D eigenvalue weighted by Gasteiger charge is -2.17. The summed E-state index contributed by atoms with van der Waals surface area (Å²) >= 11 is 0. The van der Waals surface area contributed by atoms with Crippen molar-refractivity contribution in [1.29, 1.82) is 0 Å². The van der Waals surface area contributed by atoms with Crippen LogP contribution in [0, 0.1) is 11.6 Å². The summed E-state index contributed by atoms with van der Waals surface area (Å²) in [6.45, 7) is 1.35. The highest BCUT2D eigenvalue weighted by atomic mass is 19.2. The zero-order valence-corrected chi connectivity index (χ0v) is 12.8. The van der Waals surface area contributed by atoms with Crippen LogP contribution in [0.25, 0.3) is 0 Å². The van der Waals surface area contributed by atoms with Crippen LogP contribution in [0.2, 0.25) is 0 Å². The molecule has 124 valence electrons. The summed E-state index contributed by atoms with van der Waals surface area (Å²) in [5.74, 6) is -0.603. The fourth-order valence-electron chi connectivity index (χ4n) is 3.20. The van der Waals surface area contributed by atoms with E-state index >= 15 is 0 Å². The molecule has 2 aromatic rings. The highest BCUT2D eigenvalue weighted by molar-refractivity contribution is 5.94. The van der Waals surface area contributed by atoms with Crippen molar-refractivity contribution in [2.45, 2.75) is 12.3 Å². The second-order valence-corrected chi connectivity index (χ2v) is 5.98. The van der Waals surface area contributed by atoms with Crippen LogP contribution in [-0.4, -0.2) is 30.7 Å². The van der Waals surface area contributed by atoms with Crippen LogP contribution >= 0.6 is 0 Å². The van der Waals surface area contributed by atoms with Gasteiger partial charge in [0.05, 0.1) is 0 Å². The average molecular weight is 331 g/mol. The molecule has 1 atom stereocenters. The maximum Gasteiger partial charge on any atom is 0.253 e. The number of halogens is 2. The Morgan fingerprint density at radius 3 is 2.71 bits per heavy atom. The van der Waals surface area contributed by atoms with Crippen LogP contribution in [0.3, 0.4) is 0 Å². The van der Waals surface area contributed by atoms with Gasteiger partial charge in [-0.05, 0) is 42.3 Å². The van der Waals surface area contributed by atoms with Gasteiger partial charge in [-0.1, -0.05) is 6.07 Å². The van der Waals surface area contributed by atoms with Crippen LogP contribution in [0.4, 0.5) is 8.78 Å². The van der Waals surface area contributed by atoms with Crippen molar-refractivity contribution in [3.8, 4) is 11.5 Å². The molecule has 0 saturated carbocycles. The number of rotatable bonds is 2. The van der Waals surface area contributed by atoms with E-state index in [9.17, 15) is 13.6 Å². The fourth-order valence-corrected chi connectivity index (χ4v) is 3.20. The van der Waals surface area contributed by atoms with Crippen molar-refractivity contribution in [3.63, 3.8) is 0 Å². The van der Waals surface area contributed by atoms with Crippen LogP contribution < -0.4 is 9.47 Å². The molecule has 6 heteroatoms. The normalized spacial score (nSPS) is 18.9. The number of amides is 1. The third-order valence-electron chi connectivity index (χ3n) is 4.51. The van der Waals surface area contributed by atoms with E-state index in [4.69, 9.17) is 9.47 Å². The lowest BCUT2D eigenvalue weighted by atomic mass is 9.98. The first-order valence-corrected chi connectivity index (χ1v) is 7.75. The van der Waals surface area contributed by atoms with Gasteiger partial charge in [-0.3, -0.25) is 4.79 Å². The number of carbonyl (C=O) groups is 1. The predicted molar refractivity (Wildman–Crippen MR) is 82.2 cm³/mol. The second-order valence-electron chi connectivity index (χ2n) is 5.98. The summed E-state index contributed by atoms with van der Waals surface area (Å²) in [4.78, 5) is 14.1. The Morgan fingerprint density at radius 2 is 1.88 bits per heavy atom. The molecule has 0 unspecified atom stereocenters. The summed E-state index contributed by atoms with van der Waals surface area (Å²) in [7, 11) is 0. The number of benzene rings is 2. The Hall–Kier alpha value is -2.63. The number of ether oxygens (including phenoxy) is 2. The van der Waals surface area contributed by atoms with Gasteiger partial charge in [0.2, 0.25) is 6.79 Å². The number of hydrogen-bond acceptors (Lipinski definition) is 3. The topological polar surface area (TPSA) is 38.8 Å². The molecular weight excluding hydrogens is 316 g/mol.